The van der Waals surface area contributed by atoms with Crippen molar-refractivity contribution in [1.82, 2.24) is 0 Å². The van der Waals surface area contributed by atoms with Gasteiger partial charge in [0.15, 0.2) is 5.78 Å². The average Bonchev–Trinajstić information content (AvgIpc) is 2.54. The standard InChI is InChI=1S/C19H21NO3/c1-13-4-7-15(8-5-13)20-19(22)11-9-17(21)16-12-14(2)6-10-18(16)23-3/h4-8,10,12H,9,11H2,1-3H3,(H,20,22). The van der Waals surface area contributed by atoms with Crippen LogP contribution in [0.5, 0.6) is 5.75 Å². The number of carbonyl (C=O) groups excluding carboxylic acids is 2. The van der Waals surface area contributed by atoms with Gasteiger partial charge in [-0.1, -0.05) is 29.3 Å². The van der Waals surface area contributed by atoms with Gasteiger partial charge in [0.05, 0.1) is 12.7 Å². The first-order valence-corrected chi connectivity index (χ1v) is 7.54. The summed E-state index contributed by atoms with van der Waals surface area (Å²) in [5, 5.41) is 2.79. The fourth-order valence-corrected chi connectivity index (χ4v) is 2.26. The minimum absolute atomic E-state index is 0.0930. The normalized spacial score (nSPS) is 10.2. The number of ether oxygens (including phenoxy) is 1. The third-order valence-corrected chi connectivity index (χ3v) is 3.57. The minimum Gasteiger partial charge on any atom is -0.496 e. The van der Waals surface area contributed by atoms with E-state index in [9.17, 15) is 9.59 Å². The van der Waals surface area contributed by atoms with Gasteiger partial charge in [-0.25, -0.2) is 0 Å². The summed E-state index contributed by atoms with van der Waals surface area (Å²) in [6.45, 7) is 3.90. The second-order valence-electron chi connectivity index (χ2n) is 5.54. The second-order valence-corrected chi connectivity index (χ2v) is 5.54. The largest absolute Gasteiger partial charge is 0.496 e. The van der Waals surface area contributed by atoms with E-state index in [1.807, 2.05) is 44.2 Å². The Morgan fingerprint density at radius 1 is 0.957 bits per heavy atom. The molecule has 0 saturated heterocycles. The highest BCUT2D eigenvalue weighted by Crippen LogP contribution is 2.21. The van der Waals surface area contributed by atoms with Gasteiger partial charge in [-0.15, -0.1) is 0 Å². The van der Waals surface area contributed by atoms with Crippen molar-refractivity contribution in [2.45, 2.75) is 26.7 Å². The number of methoxy groups -OCH3 is 1. The van der Waals surface area contributed by atoms with Crippen LogP contribution >= 0.6 is 0 Å². The van der Waals surface area contributed by atoms with E-state index in [0.29, 0.717) is 11.3 Å². The van der Waals surface area contributed by atoms with Crippen molar-refractivity contribution in [3.05, 3.63) is 59.2 Å². The van der Waals surface area contributed by atoms with E-state index in [2.05, 4.69) is 5.32 Å². The third-order valence-electron chi connectivity index (χ3n) is 3.57. The predicted molar refractivity (Wildman–Crippen MR) is 91.1 cm³/mol. The molecule has 120 valence electrons. The van der Waals surface area contributed by atoms with E-state index in [-0.39, 0.29) is 24.5 Å². The van der Waals surface area contributed by atoms with Crippen molar-refractivity contribution in [3.8, 4) is 5.75 Å². The fraction of sp³-hybridized carbons (Fsp3) is 0.263. The minimum atomic E-state index is -0.172. The van der Waals surface area contributed by atoms with Crippen LogP contribution in [0.25, 0.3) is 0 Å². The van der Waals surface area contributed by atoms with Gasteiger partial charge in [0, 0.05) is 18.5 Å². The quantitative estimate of drug-likeness (QED) is 0.823. The van der Waals surface area contributed by atoms with Gasteiger partial charge in [-0.3, -0.25) is 9.59 Å². The Hall–Kier alpha value is -2.62. The van der Waals surface area contributed by atoms with Crippen LogP contribution in [-0.4, -0.2) is 18.8 Å². The molecule has 0 aliphatic rings. The van der Waals surface area contributed by atoms with E-state index in [1.165, 1.54) is 7.11 Å². The number of hydrogen-bond donors (Lipinski definition) is 1. The highest BCUT2D eigenvalue weighted by atomic mass is 16.5. The van der Waals surface area contributed by atoms with Gasteiger partial charge in [0.2, 0.25) is 5.91 Å². The van der Waals surface area contributed by atoms with Crippen LogP contribution in [0, 0.1) is 13.8 Å². The zero-order valence-corrected chi connectivity index (χ0v) is 13.7. The zero-order valence-electron chi connectivity index (χ0n) is 13.7. The topological polar surface area (TPSA) is 55.4 Å². The van der Waals surface area contributed by atoms with Gasteiger partial charge in [0.1, 0.15) is 5.75 Å². The predicted octanol–water partition coefficient (Wildman–Crippen LogP) is 3.91. The number of nitrogens with one attached hydrogen (secondary N) is 1. The highest BCUT2D eigenvalue weighted by Gasteiger charge is 2.14. The second kappa shape index (κ2) is 7.58. The van der Waals surface area contributed by atoms with E-state index < -0.39 is 0 Å². The molecule has 0 aliphatic carbocycles. The molecule has 0 spiro atoms. The average molecular weight is 311 g/mol. The molecule has 2 aromatic carbocycles. The maximum atomic E-state index is 12.3. The smallest absolute Gasteiger partial charge is 0.224 e. The molecule has 2 rings (SSSR count). The Kier molecular flexibility index (Phi) is 5.52. The van der Waals surface area contributed by atoms with E-state index >= 15 is 0 Å². The lowest BCUT2D eigenvalue weighted by Crippen LogP contribution is -2.14. The van der Waals surface area contributed by atoms with Crippen LogP contribution in [0.2, 0.25) is 0 Å². The van der Waals surface area contributed by atoms with Gasteiger partial charge in [0.25, 0.3) is 0 Å². The highest BCUT2D eigenvalue weighted by molar-refractivity contribution is 6.01. The Bertz CT molecular complexity index is 705. The lowest BCUT2D eigenvalue weighted by molar-refractivity contribution is -0.116. The van der Waals surface area contributed by atoms with E-state index in [0.717, 1.165) is 16.8 Å². The molecule has 0 aliphatic heterocycles. The van der Waals surface area contributed by atoms with E-state index in [4.69, 9.17) is 4.74 Å². The van der Waals surface area contributed by atoms with Crippen molar-refractivity contribution in [2.24, 2.45) is 0 Å². The van der Waals surface area contributed by atoms with Gasteiger partial charge in [-0.05, 0) is 38.1 Å². The Labute approximate surface area is 136 Å². The van der Waals surface area contributed by atoms with Crippen molar-refractivity contribution < 1.29 is 14.3 Å². The molecule has 23 heavy (non-hydrogen) atoms. The molecule has 0 bridgehead atoms. The number of benzene rings is 2. The number of hydrogen-bond acceptors (Lipinski definition) is 3. The monoisotopic (exact) mass is 311 g/mol. The van der Waals surface area contributed by atoms with Crippen LogP contribution in [0.4, 0.5) is 5.69 Å². The summed E-state index contributed by atoms with van der Waals surface area (Å²) in [4.78, 5) is 24.3. The fourth-order valence-electron chi connectivity index (χ4n) is 2.26. The molecular weight excluding hydrogens is 290 g/mol. The lowest BCUT2D eigenvalue weighted by Gasteiger charge is -2.09. The third kappa shape index (κ3) is 4.68. The maximum absolute atomic E-state index is 12.3. The molecular formula is C19H21NO3. The molecule has 0 radical (unpaired) electrons. The number of Topliss-reactive ketones (excluding diaryl/α,β-unsaturated/α-hetero) is 1. The summed E-state index contributed by atoms with van der Waals surface area (Å²) >= 11 is 0. The summed E-state index contributed by atoms with van der Waals surface area (Å²) in [5.41, 5.74) is 3.37. The summed E-state index contributed by atoms with van der Waals surface area (Å²) < 4.78 is 5.21. The number of rotatable bonds is 6. The number of ketones is 1. The van der Waals surface area contributed by atoms with Gasteiger partial charge < -0.3 is 10.1 Å². The summed E-state index contributed by atoms with van der Waals surface area (Å²) in [6, 6.07) is 13.0. The van der Waals surface area contributed by atoms with Crippen molar-refractivity contribution in [2.75, 3.05) is 12.4 Å². The Morgan fingerprint density at radius 2 is 1.61 bits per heavy atom. The molecule has 2 aromatic rings. The summed E-state index contributed by atoms with van der Waals surface area (Å²) in [5.74, 6) is 0.276. The van der Waals surface area contributed by atoms with Gasteiger partial charge in [-0.2, -0.15) is 0 Å². The lowest BCUT2D eigenvalue weighted by atomic mass is 10.0. The molecule has 4 nitrogen and oxygen atoms in total. The summed E-state index contributed by atoms with van der Waals surface area (Å²) in [7, 11) is 1.53. The molecule has 4 heteroatoms. The molecule has 0 saturated carbocycles. The molecule has 0 fully saturated rings. The van der Waals surface area contributed by atoms with E-state index in [1.54, 1.807) is 12.1 Å². The Morgan fingerprint density at radius 3 is 2.26 bits per heavy atom. The first-order chi connectivity index (χ1) is 11.0. The molecule has 0 atom stereocenters. The van der Waals surface area contributed by atoms with Crippen LogP contribution in [0.3, 0.4) is 0 Å². The van der Waals surface area contributed by atoms with Crippen molar-refractivity contribution >= 4 is 17.4 Å². The number of anilines is 1. The molecule has 0 unspecified atom stereocenters. The van der Waals surface area contributed by atoms with Crippen LogP contribution in [-0.2, 0) is 4.79 Å². The van der Waals surface area contributed by atoms with Crippen molar-refractivity contribution in [1.29, 1.82) is 0 Å². The van der Waals surface area contributed by atoms with Crippen LogP contribution < -0.4 is 10.1 Å². The Balaban J connectivity index is 1.95. The molecule has 0 heterocycles. The van der Waals surface area contributed by atoms with Crippen LogP contribution in [0.15, 0.2) is 42.5 Å². The molecule has 0 aromatic heterocycles. The summed E-state index contributed by atoms with van der Waals surface area (Å²) in [6.07, 6.45) is 0.293. The SMILES string of the molecule is COc1ccc(C)cc1C(=O)CCC(=O)Nc1ccc(C)cc1. The molecule has 1 amide bonds. The number of aryl methyl sites for hydroxylation is 2. The number of carbonyl (C=O) groups is 2. The first-order valence-electron chi connectivity index (χ1n) is 7.54. The van der Waals surface area contributed by atoms with Crippen LogP contribution in [0.1, 0.15) is 34.3 Å². The molecule has 1 N–H and O–H groups in total. The maximum Gasteiger partial charge on any atom is 0.224 e. The first kappa shape index (κ1) is 16.7. The van der Waals surface area contributed by atoms with Crippen molar-refractivity contribution in [3.63, 3.8) is 0 Å². The zero-order chi connectivity index (χ0) is 16.8. The van der Waals surface area contributed by atoms with Gasteiger partial charge >= 0.3 is 0 Å². The number of amides is 1.